The van der Waals surface area contributed by atoms with Gasteiger partial charge in [-0.05, 0) is 49.9 Å². The number of carbonyl (C=O) groups is 1. The van der Waals surface area contributed by atoms with Gasteiger partial charge < -0.3 is 5.11 Å². The lowest BCUT2D eigenvalue weighted by molar-refractivity contribution is -0.128. The molecule has 22 heavy (non-hydrogen) atoms. The Morgan fingerprint density at radius 2 is 2.14 bits per heavy atom. The fourth-order valence-corrected chi connectivity index (χ4v) is 4.42. The van der Waals surface area contributed by atoms with Crippen LogP contribution >= 0.6 is 0 Å². The molecule has 0 heterocycles. The highest BCUT2D eigenvalue weighted by molar-refractivity contribution is 5.84. The third-order valence-electron chi connectivity index (χ3n) is 6.18. The van der Waals surface area contributed by atoms with Crippen LogP contribution in [0.15, 0.2) is 23.8 Å². The molecule has 2 heteroatoms. The van der Waals surface area contributed by atoms with Crippen molar-refractivity contribution < 1.29 is 9.90 Å². The van der Waals surface area contributed by atoms with Crippen molar-refractivity contribution in [3.63, 3.8) is 0 Å². The molecule has 0 aromatic carbocycles. The summed E-state index contributed by atoms with van der Waals surface area (Å²) in [4.78, 5) is 12.2. The van der Waals surface area contributed by atoms with E-state index in [1.807, 2.05) is 19.9 Å². The summed E-state index contributed by atoms with van der Waals surface area (Å²) in [5, 5.41) is 10.3. The van der Waals surface area contributed by atoms with Crippen molar-refractivity contribution in [1.82, 2.24) is 0 Å². The maximum atomic E-state index is 12.2. The van der Waals surface area contributed by atoms with Crippen LogP contribution in [-0.2, 0) is 4.79 Å². The van der Waals surface area contributed by atoms with E-state index in [0.717, 1.165) is 44.9 Å². The van der Waals surface area contributed by atoms with Gasteiger partial charge in [0.1, 0.15) is 5.78 Å². The summed E-state index contributed by atoms with van der Waals surface area (Å²) in [7, 11) is 0. The van der Waals surface area contributed by atoms with E-state index in [1.165, 1.54) is 5.57 Å². The highest BCUT2D eigenvalue weighted by Gasteiger charge is 2.47. The third-order valence-corrected chi connectivity index (χ3v) is 6.18. The molecule has 1 unspecified atom stereocenters. The fourth-order valence-electron chi connectivity index (χ4n) is 4.42. The Kier molecular flexibility index (Phi) is 5.32. The summed E-state index contributed by atoms with van der Waals surface area (Å²) in [6.07, 6.45) is 12.8. The fraction of sp³-hybridized carbons (Fsp3) is 0.750. The zero-order valence-corrected chi connectivity index (χ0v) is 14.7. The molecular weight excluding hydrogens is 272 g/mol. The second-order valence-corrected chi connectivity index (χ2v) is 7.53. The van der Waals surface area contributed by atoms with E-state index in [2.05, 4.69) is 26.0 Å². The van der Waals surface area contributed by atoms with Crippen molar-refractivity contribution in [3.05, 3.63) is 23.8 Å². The second kappa shape index (κ2) is 6.70. The molecule has 2 aliphatic carbocycles. The standard InChI is InChI=1S/C20H32O2/c1-5-20(22,6-2)14-7-9-15(3)16-11-12-17-18(21)10-8-13-19(16,17)4/h7,11,14-15,17,22H,5-6,8-10,12-13H2,1-4H3/b14-7+/t15?,17-,19+/m0/s1. The Labute approximate surface area is 135 Å². The smallest absolute Gasteiger partial charge is 0.137 e. The average molecular weight is 304 g/mol. The quantitative estimate of drug-likeness (QED) is 0.714. The van der Waals surface area contributed by atoms with Gasteiger partial charge in [-0.25, -0.2) is 0 Å². The molecule has 0 bridgehead atoms. The minimum absolute atomic E-state index is 0.0917. The number of ketones is 1. The first-order valence-corrected chi connectivity index (χ1v) is 8.99. The van der Waals surface area contributed by atoms with E-state index in [9.17, 15) is 9.90 Å². The normalized spacial score (nSPS) is 30.5. The van der Waals surface area contributed by atoms with Crippen molar-refractivity contribution >= 4 is 5.78 Å². The molecule has 1 N–H and O–H groups in total. The van der Waals surface area contributed by atoms with Crippen molar-refractivity contribution in [2.24, 2.45) is 17.3 Å². The van der Waals surface area contributed by atoms with Crippen molar-refractivity contribution in [3.8, 4) is 0 Å². The van der Waals surface area contributed by atoms with Gasteiger partial charge in [-0.1, -0.05) is 51.5 Å². The molecule has 0 spiro atoms. The zero-order chi connectivity index (χ0) is 16.4. The first-order valence-electron chi connectivity index (χ1n) is 8.99. The molecule has 0 saturated heterocycles. The van der Waals surface area contributed by atoms with E-state index in [4.69, 9.17) is 0 Å². The molecule has 124 valence electrons. The lowest BCUT2D eigenvalue weighted by Crippen LogP contribution is -2.36. The Morgan fingerprint density at radius 1 is 1.45 bits per heavy atom. The van der Waals surface area contributed by atoms with Crippen LogP contribution in [0.2, 0.25) is 0 Å². The molecule has 1 fully saturated rings. The number of hydrogen-bond donors (Lipinski definition) is 1. The Balaban J connectivity index is 2.03. The SMILES string of the molecule is CCC(O)(/C=C/CC(C)C1=CC[C@H]2C(=O)CCC[C@]12C)CC. The zero-order valence-electron chi connectivity index (χ0n) is 14.7. The lowest BCUT2D eigenvalue weighted by atomic mass is 9.63. The number of Topliss-reactive ketones (excluding diaryl/α,β-unsaturated/α-hetero) is 1. The molecule has 2 aliphatic rings. The van der Waals surface area contributed by atoms with Gasteiger partial charge in [0.2, 0.25) is 0 Å². The van der Waals surface area contributed by atoms with Crippen LogP contribution in [0, 0.1) is 17.3 Å². The molecule has 1 saturated carbocycles. The molecule has 2 rings (SSSR count). The van der Waals surface area contributed by atoms with E-state index in [0.29, 0.717) is 11.7 Å². The Bertz CT molecular complexity index is 470. The minimum atomic E-state index is -0.656. The van der Waals surface area contributed by atoms with Crippen molar-refractivity contribution in [2.75, 3.05) is 0 Å². The summed E-state index contributed by atoms with van der Waals surface area (Å²) in [5.41, 5.74) is 0.914. The van der Waals surface area contributed by atoms with Gasteiger partial charge in [0.15, 0.2) is 0 Å². The number of hydrogen-bond acceptors (Lipinski definition) is 2. The van der Waals surface area contributed by atoms with E-state index in [1.54, 1.807) is 0 Å². The average Bonchev–Trinajstić information content (AvgIpc) is 2.85. The summed E-state index contributed by atoms with van der Waals surface area (Å²) in [5.74, 6) is 1.15. The summed E-state index contributed by atoms with van der Waals surface area (Å²) in [6, 6.07) is 0. The molecule has 0 aliphatic heterocycles. The van der Waals surface area contributed by atoms with Gasteiger partial charge in [-0.15, -0.1) is 0 Å². The summed E-state index contributed by atoms with van der Waals surface area (Å²) in [6.45, 7) is 8.61. The largest absolute Gasteiger partial charge is 0.386 e. The predicted molar refractivity (Wildman–Crippen MR) is 91.6 cm³/mol. The molecule has 0 aromatic rings. The maximum absolute atomic E-state index is 12.2. The van der Waals surface area contributed by atoms with Crippen molar-refractivity contribution in [1.29, 1.82) is 0 Å². The first kappa shape index (κ1) is 17.5. The van der Waals surface area contributed by atoms with Crippen LogP contribution in [0.4, 0.5) is 0 Å². The van der Waals surface area contributed by atoms with Gasteiger partial charge in [0.25, 0.3) is 0 Å². The number of allylic oxidation sites excluding steroid dienone is 3. The number of fused-ring (bicyclic) bond motifs is 1. The van der Waals surface area contributed by atoms with Crippen LogP contribution in [0.3, 0.4) is 0 Å². The second-order valence-electron chi connectivity index (χ2n) is 7.53. The van der Waals surface area contributed by atoms with E-state index in [-0.39, 0.29) is 11.3 Å². The van der Waals surface area contributed by atoms with Gasteiger partial charge in [0.05, 0.1) is 5.60 Å². The van der Waals surface area contributed by atoms with Gasteiger partial charge in [-0.3, -0.25) is 4.79 Å². The molecule has 2 nitrogen and oxygen atoms in total. The third kappa shape index (κ3) is 3.22. The van der Waals surface area contributed by atoms with E-state index < -0.39 is 5.60 Å². The molecule has 0 amide bonds. The summed E-state index contributed by atoms with van der Waals surface area (Å²) < 4.78 is 0. The molecule has 0 aromatic heterocycles. The van der Waals surface area contributed by atoms with Crippen molar-refractivity contribution in [2.45, 2.75) is 78.2 Å². The summed E-state index contributed by atoms with van der Waals surface area (Å²) >= 11 is 0. The highest BCUT2D eigenvalue weighted by Crippen LogP contribution is 2.53. The minimum Gasteiger partial charge on any atom is -0.386 e. The van der Waals surface area contributed by atoms with Crippen LogP contribution in [0.1, 0.15) is 72.6 Å². The van der Waals surface area contributed by atoms with Gasteiger partial charge in [0, 0.05) is 12.3 Å². The van der Waals surface area contributed by atoms with Crippen LogP contribution in [-0.4, -0.2) is 16.5 Å². The lowest BCUT2D eigenvalue weighted by Gasteiger charge is -2.40. The predicted octanol–water partition coefficient (Wildman–Crippen LogP) is 4.83. The topological polar surface area (TPSA) is 37.3 Å². The monoisotopic (exact) mass is 304 g/mol. The Hall–Kier alpha value is -0.890. The Morgan fingerprint density at radius 3 is 2.77 bits per heavy atom. The first-order chi connectivity index (χ1) is 10.4. The van der Waals surface area contributed by atoms with Gasteiger partial charge in [-0.2, -0.15) is 0 Å². The molecular formula is C20H32O2. The maximum Gasteiger partial charge on any atom is 0.137 e. The number of aliphatic hydroxyl groups is 1. The molecule has 0 radical (unpaired) electrons. The molecule has 3 atom stereocenters. The van der Waals surface area contributed by atoms with Crippen LogP contribution < -0.4 is 0 Å². The van der Waals surface area contributed by atoms with Crippen LogP contribution in [0.25, 0.3) is 0 Å². The number of carbonyl (C=O) groups excluding carboxylic acids is 1. The van der Waals surface area contributed by atoms with E-state index >= 15 is 0 Å². The van der Waals surface area contributed by atoms with Gasteiger partial charge >= 0.3 is 0 Å². The van der Waals surface area contributed by atoms with Crippen LogP contribution in [0.5, 0.6) is 0 Å². The highest BCUT2D eigenvalue weighted by atomic mass is 16.3. The number of rotatable bonds is 6.